The molecule has 20 heavy (non-hydrogen) atoms. The number of piperidine rings is 1. The van der Waals surface area contributed by atoms with Crippen molar-refractivity contribution in [2.24, 2.45) is 10.1 Å². The number of fused-ring (bicyclic) bond motifs is 1. The molecule has 0 aromatic carbocycles. The molecule has 102 valence electrons. The van der Waals surface area contributed by atoms with Gasteiger partial charge < -0.3 is 5.32 Å². The first-order valence-corrected chi connectivity index (χ1v) is 6.19. The fourth-order valence-electron chi connectivity index (χ4n) is 2.18. The van der Waals surface area contributed by atoms with E-state index in [1.807, 2.05) is 0 Å². The second-order valence-electron chi connectivity index (χ2n) is 4.57. The first-order valence-electron chi connectivity index (χ1n) is 6.19. The molecule has 3 aliphatic rings. The van der Waals surface area contributed by atoms with Crippen LogP contribution in [0.3, 0.4) is 0 Å². The lowest BCUT2D eigenvalue weighted by Gasteiger charge is -2.22. The van der Waals surface area contributed by atoms with Crippen LogP contribution in [0.2, 0.25) is 0 Å². The van der Waals surface area contributed by atoms with Gasteiger partial charge in [-0.1, -0.05) is 4.70 Å². The van der Waals surface area contributed by atoms with Crippen molar-refractivity contribution in [2.75, 3.05) is 0 Å². The van der Waals surface area contributed by atoms with Gasteiger partial charge in [-0.15, -0.1) is 0 Å². The zero-order valence-electron chi connectivity index (χ0n) is 10.4. The highest BCUT2D eigenvalue weighted by Gasteiger charge is 2.38. The van der Waals surface area contributed by atoms with E-state index in [2.05, 4.69) is 20.7 Å². The summed E-state index contributed by atoms with van der Waals surface area (Å²) in [6.45, 7) is 0. The van der Waals surface area contributed by atoms with Gasteiger partial charge in [0.1, 0.15) is 17.8 Å². The molecule has 2 atom stereocenters. The highest BCUT2D eigenvalue weighted by molar-refractivity contribution is 6.03. The molecule has 3 amide bonds. The van der Waals surface area contributed by atoms with Crippen LogP contribution in [0.15, 0.2) is 34.2 Å². The van der Waals surface area contributed by atoms with Gasteiger partial charge in [0.25, 0.3) is 5.91 Å². The number of imide groups is 1. The molecule has 1 unspecified atom stereocenters. The van der Waals surface area contributed by atoms with Crippen molar-refractivity contribution in [1.82, 2.24) is 10.6 Å². The molecule has 0 radical (unpaired) electrons. The Bertz CT molecular complexity index is 617. The number of carbonyl (C=O) groups excluding carboxylic acids is 3. The molecule has 3 rings (SSSR count). The molecule has 0 aromatic rings. The van der Waals surface area contributed by atoms with Crippen LogP contribution in [0.1, 0.15) is 12.8 Å². The summed E-state index contributed by atoms with van der Waals surface area (Å²) in [6, 6.07) is -0.696. The number of hydrogen-bond acceptors (Lipinski definition) is 5. The lowest BCUT2D eigenvalue weighted by atomic mass is 10.1. The van der Waals surface area contributed by atoms with Crippen molar-refractivity contribution in [2.45, 2.75) is 25.0 Å². The van der Waals surface area contributed by atoms with Gasteiger partial charge in [0.15, 0.2) is 0 Å². The third-order valence-corrected chi connectivity index (χ3v) is 3.22. The van der Waals surface area contributed by atoms with Crippen LogP contribution < -0.4 is 10.6 Å². The topological polar surface area (TPSA) is 103 Å². The van der Waals surface area contributed by atoms with E-state index in [-0.39, 0.29) is 12.3 Å². The van der Waals surface area contributed by atoms with Crippen molar-refractivity contribution in [3.05, 3.63) is 24.0 Å². The molecule has 8 nitrogen and oxygen atoms in total. The van der Waals surface area contributed by atoms with Crippen LogP contribution in [0, 0.1) is 0 Å². The van der Waals surface area contributed by atoms with E-state index < -0.39 is 24.0 Å². The predicted octanol–water partition coefficient (Wildman–Crippen LogP) is -0.806. The predicted molar refractivity (Wildman–Crippen MR) is 66.5 cm³/mol. The molecular weight excluding hydrogens is 262 g/mol. The molecule has 8 heteroatoms. The first kappa shape index (κ1) is 12.4. The molecule has 0 spiro atoms. The SMILES string of the molecule is O=C1CC[C@@H](NC(=O)C2=CN=[N+]3C=CC=NC23)C(=O)N1. The lowest BCUT2D eigenvalue weighted by molar-refractivity contribution is -0.546. The molecule has 0 aromatic heterocycles. The summed E-state index contributed by atoms with van der Waals surface area (Å²) in [5.41, 5.74) is 0.371. The van der Waals surface area contributed by atoms with Crippen LogP contribution >= 0.6 is 0 Å². The molecule has 1 fully saturated rings. The van der Waals surface area contributed by atoms with E-state index in [9.17, 15) is 14.4 Å². The van der Waals surface area contributed by atoms with Gasteiger partial charge in [-0.2, -0.15) is 0 Å². The maximum atomic E-state index is 12.2. The van der Waals surface area contributed by atoms with Crippen molar-refractivity contribution in [3.63, 3.8) is 0 Å². The Morgan fingerprint density at radius 1 is 1.45 bits per heavy atom. The summed E-state index contributed by atoms with van der Waals surface area (Å²) in [7, 11) is 0. The number of azo groups is 2. The maximum Gasteiger partial charge on any atom is 0.309 e. The van der Waals surface area contributed by atoms with E-state index in [1.54, 1.807) is 23.2 Å². The summed E-state index contributed by atoms with van der Waals surface area (Å²) < 4.78 is 1.55. The monoisotopic (exact) mass is 274 g/mol. The first-order chi connectivity index (χ1) is 9.65. The minimum absolute atomic E-state index is 0.219. The highest BCUT2D eigenvalue weighted by Crippen LogP contribution is 2.19. The minimum atomic E-state index is -0.696. The largest absolute Gasteiger partial charge is 0.340 e. The van der Waals surface area contributed by atoms with Gasteiger partial charge >= 0.3 is 6.17 Å². The van der Waals surface area contributed by atoms with Crippen LogP contribution in [-0.2, 0) is 14.4 Å². The Morgan fingerprint density at radius 3 is 3.10 bits per heavy atom. The Balaban J connectivity index is 1.66. The van der Waals surface area contributed by atoms with Crippen molar-refractivity contribution in [3.8, 4) is 0 Å². The van der Waals surface area contributed by atoms with E-state index >= 15 is 0 Å². The van der Waals surface area contributed by atoms with Crippen molar-refractivity contribution in [1.29, 1.82) is 0 Å². The average Bonchev–Trinajstić information content (AvgIpc) is 2.86. The smallest absolute Gasteiger partial charge is 0.309 e. The Hall–Kier alpha value is -2.64. The number of allylic oxidation sites excluding steroid dienone is 1. The lowest BCUT2D eigenvalue weighted by Crippen LogP contribution is -2.53. The standard InChI is InChI=1S/C12H11N5O3/c18-9-3-2-8(12(20)16-9)15-11(19)7-6-14-17-5-1-4-13-10(7)17/h1,4-6,8,10H,2-3H2,(H-,15,16,18,19,20)/p+1/t8-,10?/m1/s1. The maximum absolute atomic E-state index is 12.2. The highest BCUT2D eigenvalue weighted by atomic mass is 16.2. The van der Waals surface area contributed by atoms with Crippen LogP contribution in [-0.4, -0.2) is 40.8 Å². The summed E-state index contributed by atoms with van der Waals surface area (Å²) in [4.78, 5) is 39.0. The minimum Gasteiger partial charge on any atom is -0.340 e. The van der Waals surface area contributed by atoms with Gasteiger partial charge in [-0.3, -0.25) is 19.7 Å². The molecular formula is C12H12N5O3+. The van der Waals surface area contributed by atoms with Crippen LogP contribution in [0.25, 0.3) is 0 Å². The van der Waals surface area contributed by atoms with E-state index in [4.69, 9.17) is 0 Å². The fraction of sp³-hybridized carbons (Fsp3) is 0.333. The van der Waals surface area contributed by atoms with Crippen LogP contribution in [0.4, 0.5) is 0 Å². The Kier molecular flexibility index (Phi) is 2.97. The van der Waals surface area contributed by atoms with Gasteiger partial charge in [0.05, 0.1) is 0 Å². The number of aliphatic imine (C=N–C) groups is 1. The Labute approximate surface area is 113 Å². The zero-order chi connectivity index (χ0) is 14.1. The van der Waals surface area contributed by atoms with E-state index in [1.165, 1.54) is 6.20 Å². The molecule has 1 saturated heterocycles. The number of amides is 3. The number of nitrogens with zero attached hydrogens (tertiary/aromatic N) is 3. The summed E-state index contributed by atoms with van der Waals surface area (Å²) in [5.74, 6) is -1.19. The van der Waals surface area contributed by atoms with Gasteiger partial charge in [-0.05, 0) is 11.5 Å². The normalized spacial score (nSPS) is 27.6. The van der Waals surface area contributed by atoms with E-state index in [0.29, 0.717) is 12.0 Å². The Morgan fingerprint density at radius 2 is 2.30 bits per heavy atom. The molecule has 3 heterocycles. The number of nitrogens with one attached hydrogen (secondary N) is 2. The quantitative estimate of drug-likeness (QED) is 0.508. The zero-order valence-corrected chi connectivity index (χ0v) is 10.4. The molecule has 0 bridgehead atoms. The second-order valence-corrected chi connectivity index (χ2v) is 4.57. The summed E-state index contributed by atoms with van der Waals surface area (Å²) in [6.07, 6.45) is 6.49. The van der Waals surface area contributed by atoms with Crippen LogP contribution in [0.5, 0.6) is 0 Å². The summed E-state index contributed by atoms with van der Waals surface area (Å²) in [5, 5.41) is 8.84. The molecule has 0 saturated carbocycles. The third kappa shape index (κ3) is 2.15. The molecule has 3 aliphatic heterocycles. The van der Waals surface area contributed by atoms with E-state index in [0.717, 1.165) is 0 Å². The molecule has 0 aliphatic carbocycles. The van der Waals surface area contributed by atoms with Crippen molar-refractivity contribution < 1.29 is 19.1 Å². The van der Waals surface area contributed by atoms with Gasteiger partial charge in [0, 0.05) is 18.7 Å². The van der Waals surface area contributed by atoms with Crippen molar-refractivity contribution >= 4 is 23.9 Å². The number of carbonyl (C=O) groups is 3. The third-order valence-electron chi connectivity index (χ3n) is 3.22. The van der Waals surface area contributed by atoms with Gasteiger partial charge in [-0.25, -0.2) is 4.99 Å². The second kappa shape index (κ2) is 4.80. The number of hydrogen-bond donors (Lipinski definition) is 2. The fourth-order valence-corrected chi connectivity index (χ4v) is 2.18. The average molecular weight is 274 g/mol. The summed E-state index contributed by atoms with van der Waals surface area (Å²) >= 11 is 0. The molecule has 2 N–H and O–H groups in total. The number of rotatable bonds is 2. The van der Waals surface area contributed by atoms with Gasteiger partial charge in [0.2, 0.25) is 18.0 Å².